The van der Waals surface area contributed by atoms with Crippen LogP contribution in [0.25, 0.3) is 6.08 Å². The van der Waals surface area contributed by atoms with Gasteiger partial charge in [0.25, 0.3) is 15.9 Å². The Balaban J connectivity index is 2.00. The van der Waals surface area contributed by atoms with Crippen molar-refractivity contribution in [2.45, 2.75) is 25.2 Å². The Morgan fingerprint density at radius 1 is 0.935 bits per heavy atom. The first-order chi connectivity index (χ1) is 14.9. The average molecular weight is 436 g/mol. The smallest absolute Gasteiger partial charge is 0.271 e. The summed E-state index contributed by atoms with van der Waals surface area (Å²) in [5.41, 5.74) is 1.94. The van der Waals surface area contributed by atoms with Gasteiger partial charge in [-0.3, -0.25) is 4.79 Å². The largest absolute Gasteiger partial charge is 0.493 e. The molecule has 0 aliphatic heterocycles. The molecule has 0 N–H and O–H groups in total. The van der Waals surface area contributed by atoms with Crippen LogP contribution >= 0.6 is 0 Å². The molecule has 1 amide bonds. The lowest BCUT2D eigenvalue weighted by Crippen LogP contribution is -2.35. The van der Waals surface area contributed by atoms with Crippen molar-refractivity contribution < 1.29 is 17.9 Å². The summed E-state index contributed by atoms with van der Waals surface area (Å²) in [6, 6.07) is 22.0. The number of para-hydroxylation sites is 1. The molecule has 0 unspecified atom stereocenters. The molecule has 0 fully saturated rings. The SMILES string of the molecule is CCCOc1ccccc1/C=C/C(=O)N(c1ccc(C)cc1)S(=O)(=O)c1ccccc1. The number of ether oxygens (including phenoxy) is 1. The minimum Gasteiger partial charge on any atom is -0.493 e. The van der Waals surface area contributed by atoms with E-state index in [1.807, 2.05) is 38.1 Å². The van der Waals surface area contributed by atoms with Gasteiger partial charge in [-0.05, 0) is 49.8 Å². The van der Waals surface area contributed by atoms with Gasteiger partial charge in [-0.15, -0.1) is 0 Å². The highest BCUT2D eigenvalue weighted by atomic mass is 32.2. The predicted octanol–water partition coefficient (Wildman–Crippen LogP) is 5.22. The van der Waals surface area contributed by atoms with E-state index in [0.29, 0.717) is 17.9 Å². The number of sulfonamides is 1. The Hall–Kier alpha value is -3.38. The number of hydrogen-bond acceptors (Lipinski definition) is 4. The van der Waals surface area contributed by atoms with E-state index in [1.165, 1.54) is 18.2 Å². The molecule has 0 saturated carbocycles. The van der Waals surface area contributed by atoms with E-state index in [9.17, 15) is 13.2 Å². The van der Waals surface area contributed by atoms with Crippen molar-refractivity contribution >= 4 is 27.7 Å². The summed E-state index contributed by atoms with van der Waals surface area (Å²) in [6.07, 6.45) is 3.69. The molecule has 0 aromatic heterocycles. The van der Waals surface area contributed by atoms with Crippen LogP contribution in [0.4, 0.5) is 5.69 Å². The van der Waals surface area contributed by atoms with Crippen LogP contribution in [0.15, 0.2) is 89.8 Å². The van der Waals surface area contributed by atoms with Crippen LogP contribution < -0.4 is 9.04 Å². The van der Waals surface area contributed by atoms with Crippen LogP contribution in [0.5, 0.6) is 5.75 Å². The Morgan fingerprint density at radius 3 is 2.26 bits per heavy atom. The van der Waals surface area contributed by atoms with Crippen molar-refractivity contribution in [1.29, 1.82) is 0 Å². The molecule has 0 aliphatic carbocycles. The lowest BCUT2D eigenvalue weighted by atomic mass is 10.2. The molecule has 5 nitrogen and oxygen atoms in total. The van der Waals surface area contributed by atoms with Gasteiger partial charge in [0, 0.05) is 11.6 Å². The number of benzene rings is 3. The molecule has 160 valence electrons. The van der Waals surface area contributed by atoms with Gasteiger partial charge in [0.2, 0.25) is 0 Å². The number of aryl methyl sites for hydroxylation is 1. The van der Waals surface area contributed by atoms with E-state index in [1.54, 1.807) is 48.5 Å². The minimum absolute atomic E-state index is 0.0454. The fourth-order valence-corrected chi connectivity index (χ4v) is 4.36. The molecule has 6 heteroatoms. The zero-order valence-corrected chi connectivity index (χ0v) is 18.4. The standard InChI is InChI=1S/C25H25NO4S/c1-3-19-30-24-12-8-7-9-21(24)15-18-25(27)26(22-16-13-20(2)14-17-22)31(28,29)23-10-5-4-6-11-23/h4-18H,3,19H2,1-2H3/b18-15+. The third-order valence-corrected chi connectivity index (χ3v) is 6.28. The zero-order chi connectivity index (χ0) is 22.3. The van der Waals surface area contributed by atoms with E-state index in [2.05, 4.69) is 0 Å². The van der Waals surface area contributed by atoms with Crippen LogP contribution in [0.3, 0.4) is 0 Å². The van der Waals surface area contributed by atoms with Gasteiger partial charge in [0.15, 0.2) is 0 Å². The molecule has 31 heavy (non-hydrogen) atoms. The summed E-state index contributed by atoms with van der Waals surface area (Å²) in [6.45, 7) is 4.46. The second kappa shape index (κ2) is 10.1. The minimum atomic E-state index is -4.09. The highest BCUT2D eigenvalue weighted by Crippen LogP contribution is 2.26. The van der Waals surface area contributed by atoms with Crippen molar-refractivity contribution in [2.75, 3.05) is 10.9 Å². The highest BCUT2D eigenvalue weighted by Gasteiger charge is 2.29. The maximum absolute atomic E-state index is 13.3. The fourth-order valence-electron chi connectivity index (χ4n) is 2.95. The third kappa shape index (κ3) is 5.41. The third-order valence-electron chi connectivity index (χ3n) is 4.54. The van der Waals surface area contributed by atoms with Gasteiger partial charge >= 0.3 is 0 Å². The molecule has 3 aromatic rings. The van der Waals surface area contributed by atoms with Gasteiger partial charge in [0.05, 0.1) is 17.2 Å². The molecule has 0 radical (unpaired) electrons. The van der Waals surface area contributed by atoms with Crippen molar-refractivity contribution in [3.63, 3.8) is 0 Å². The van der Waals surface area contributed by atoms with Crippen molar-refractivity contribution in [1.82, 2.24) is 0 Å². The Bertz CT molecular complexity index is 1150. The molecule has 0 aliphatic rings. The first-order valence-electron chi connectivity index (χ1n) is 10.0. The number of carbonyl (C=O) groups excluding carboxylic acids is 1. The van der Waals surface area contributed by atoms with E-state index < -0.39 is 15.9 Å². The van der Waals surface area contributed by atoms with Gasteiger partial charge in [0.1, 0.15) is 5.75 Å². The maximum Gasteiger partial charge on any atom is 0.271 e. The van der Waals surface area contributed by atoms with E-state index in [4.69, 9.17) is 4.74 Å². The van der Waals surface area contributed by atoms with Gasteiger partial charge < -0.3 is 4.74 Å². The highest BCUT2D eigenvalue weighted by molar-refractivity contribution is 7.93. The number of rotatable bonds is 8. The average Bonchev–Trinajstić information content (AvgIpc) is 2.78. The summed E-state index contributed by atoms with van der Waals surface area (Å²) in [4.78, 5) is 13.2. The summed E-state index contributed by atoms with van der Waals surface area (Å²) >= 11 is 0. The van der Waals surface area contributed by atoms with Crippen LogP contribution in [0, 0.1) is 6.92 Å². The lowest BCUT2D eigenvalue weighted by Gasteiger charge is -2.21. The van der Waals surface area contributed by atoms with Gasteiger partial charge in [-0.2, -0.15) is 4.31 Å². The molecular weight excluding hydrogens is 410 g/mol. The van der Waals surface area contributed by atoms with Gasteiger partial charge in [-0.1, -0.05) is 61.0 Å². The molecule has 3 rings (SSSR count). The topological polar surface area (TPSA) is 63.7 Å². The van der Waals surface area contributed by atoms with Crippen molar-refractivity contribution in [3.05, 3.63) is 96.1 Å². The monoisotopic (exact) mass is 435 g/mol. The van der Waals surface area contributed by atoms with Crippen LogP contribution in [-0.2, 0) is 14.8 Å². The van der Waals surface area contributed by atoms with Crippen molar-refractivity contribution in [3.8, 4) is 5.75 Å². The van der Waals surface area contributed by atoms with Crippen molar-refractivity contribution in [2.24, 2.45) is 0 Å². The molecule has 0 bridgehead atoms. The quantitative estimate of drug-likeness (QED) is 0.455. The fraction of sp³-hybridized carbons (Fsp3) is 0.160. The number of anilines is 1. The van der Waals surface area contributed by atoms with E-state index >= 15 is 0 Å². The van der Waals surface area contributed by atoms with E-state index in [0.717, 1.165) is 16.3 Å². The number of amides is 1. The first-order valence-corrected chi connectivity index (χ1v) is 11.5. The van der Waals surface area contributed by atoms with Gasteiger partial charge in [-0.25, -0.2) is 8.42 Å². The number of nitrogens with zero attached hydrogens (tertiary/aromatic N) is 1. The number of hydrogen-bond donors (Lipinski definition) is 0. The molecule has 0 saturated heterocycles. The normalized spacial score (nSPS) is 11.4. The summed E-state index contributed by atoms with van der Waals surface area (Å²) < 4.78 is 33.2. The predicted molar refractivity (Wildman–Crippen MR) is 124 cm³/mol. The Morgan fingerprint density at radius 2 is 1.58 bits per heavy atom. The number of carbonyl (C=O) groups is 1. The first kappa shape index (κ1) is 22.3. The second-order valence-corrected chi connectivity index (χ2v) is 8.76. The Kier molecular flexibility index (Phi) is 7.26. The summed E-state index contributed by atoms with van der Waals surface area (Å²) in [5.74, 6) is -0.0285. The molecular formula is C25H25NO4S. The second-order valence-electron chi connectivity index (χ2n) is 6.98. The van der Waals surface area contributed by atoms with Crippen LogP contribution in [0.1, 0.15) is 24.5 Å². The lowest BCUT2D eigenvalue weighted by molar-refractivity contribution is -0.113. The molecule has 0 heterocycles. The molecule has 0 atom stereocenters. The Labute approximate surface area is 183 Å². The summed E-state index contributed by atoms with van der Waals surface area (Å²) in [7, 11) is -4.09. The molecule has 0 spiro atoms. The van der Waals surface area contributed by atoms with Crippen LogP contribution in [-0.4, -0.2) is 20.9 Å². The molecule has 3 aromatic carbocycles. The van der Waals surface area contributed by atoms with E-state index in [-0.39, 0.29) is 10.6 Å². The maximum atomic E-state index is 13.3. The van der Waals surface area contributed by atoms with Crippen LogP contribution in [0.2, 0.25) is 0 Å². The zero-order valence-electron chi connectivity index (χ0n) is 17.6. The summed E-state index contributed by atoms with van der Waals surface area (Å²) in [5, 5.41) is 0.